The molecule has 0 atom stereocenters. The minimum absolute atomic E-state index is 0.0261. The number of carbonyl (C=O) groups excluding carboxylic acids is 2. The van der Waals surface area contributed by atoms with Crippen LogP contribution in [0.2, 0.25) is 0 Å². The summed E-state index contributed by atoms with van der Waals surface area (Å²) in [6.07, 6.45) is 1.49. The van der Waals surface area contributed by atoms with Crippen molar-refractivity contribution in [1.29, 1.82) is 0 Å². The lowest BCUT2D eigenvalue weighted by molar-refractivity contribution is -0.159. The molecular formula is C10H16O4. The van der Waals surface area contributed by atoms with Gasteiger partial charge < -0.3 is 9.47 Å². The van der Waals surface area contributed by atoms with E-state index in [1.54, 1.807) is 13.8 Å². The van der Waals surface area contributed by atoms with Crippen LogP contribution >= 0.6 is 0 Å². The molecule has 4 heteroatoms. The molecule has 0 radical (unpaired) electrons. The number of hydrogen-bond acceptors (Lipinski definition) is 4. The average molecular weight is 200 g/mol. The van der Waals surface area contributed by atoms with Gasteiger partial charge in [-0.3, -0.25) is 9.59 Å². The Labute approximate surface area is 83.9 Å². The minimum atomic E-state index is -0.811. The zero-order chi connectivity index (χ0) is 11.2. The SMILES string of the molecule is C=CCOC(=O)C(C)(C)COC(C)=O. The molecule has 80 valence electrons. The van der Waals surface area contributed by atoms with Gasteiger partial charge in [-0.25, -0.2) is 0 Å². The monoisotopic (exact) mass is 200 g/mol. The van der Waals surface area contributed by atoms with Crippen LogP contribution in [-0.2, 0) is 19.1 Å². The van der Waals surface area contributed by atoms with Crippen LogP contribution in [0.5, 0.6) is 0 Å². The fraction of sp³-hybridized carbons (Fsp3) is 0.600. The maximum atomic E-state index is 11.4. The van der Waals surface area contributed by atoms with Crippen LogP contribution in [0.25, 0.3) is 0 Å². The van der Waals surface area contributed by atoms with Crippen LogP contribution in [0.1, 0.15) is 20.8 Å². The fourth-order valence-corrected chi connectivity index (χ4v) is 0.671. The van der Waals surface area contributed by atoms with Gasteiger partial charge in [0, 0.05) is 6.92 Å². The smallest absolute Gasteiger partial charge is 0.315 e. The van der Waals surface area contributed by atoms with Gasteiger partial charge in [-0.1, -0.05) is 12.7 Å². The topological polar surface area (TPSA) is 52.6 Å². The van der Waals surface area contributed by atoms with Crippen molar-refractivity contribution in [2.45, 2.75) is 20.8 Å². The Balaban J connectivity index is 4.08. The molecule has 0 aliphatic rings. The van der Waals surface area contributed by atoms with Crippen LogP contribution in [0.3, 0.4) is 0 Å². The van der Waals surface area contributed by atoms with Crippen LogP contribution in [0, 0.1) is 5.41 Å². The molecule has 0 spiro atoms. The molecule has 0 fully saturated rings. The normalized spacial score (nSPS) is 10.5. The van der Waals surface area contributed by atoms with Gasteiger partial charge in [0.2, 0.25) is 0 Å². The summed E-state index contributed by atoms with van der Waals surface area (Å²) < 4.78 is 9.58. The molecule has 0 amide bonds. The van der Waals surface area contributed by atoms with Crippen LogP contribution in [-0.4, -0.2) is 25.2 Å². The minimum Gasteiger partial charge on any atom is -0.465 e. The zero-order valence-electron chi connectivity index (χ0n) is 8.83. The highest BCUT2D eigenvalue weighted by atomic mass is 16.5. The second-order valence-corrected chi connectivity index (χ2v) is 3.55. The average Bonchev–Trinajstić information content (AvgIpc) is 2.11. The van der Waals surface area contributed by atoms with Crippen molar-refractivity contribution in [2.75, 3.05) is 13.2 Å². The van der Waals surface area contributed by atoms with E-state index in [0.29, 0.717) is 0 Å². The summed E-state index contributed by atoms with van der Waals surface area (Å²) in [5.41, 5.74) is -0.811. The molecule has 0 aromatic rings. The van der Waals surface area contributed by atoms with Gasteiger partial charge in [-0.15, -0.1) is 0 Å². The van der Waals surface area contributed by atoms with Gasteiger partial charge in [0.1, 0.15) is 13.2 Å². The molecule has 0 saturated carbocycles. The predicted molar refractivity (Wildman–Crippen MR) is 51.6 cm³/mol. The van der Waals surface area contributed by atoms with E-state index >= 15 is 0 Å². The Morgan fingerprint density at radius 2 is 1.93 bits per heavy atom. The first-order valence-electron chi connectivity index (χ1n) is 4.31. The first-order valence-corrected chi connectivity index (χ1v) is 4.31. The van der Waals surface area contributed by atoms with Crippen molar-refractivity contribution < 1.29 is 19.1 Å². The molecule has 0 aromatic heterocycles. The van der Waals surface area contributed by atoms with Gasteiger partial charge in [0.05, 0.1) is 5.41 Å². The van der Waals surface area contributed by atoms with E-state index in [2.05, 4.69) is 6.58 Å². The molecule has 0 unspecified atom stereocenters. The van der Waals surface area contributed by atoms with Crippen LogP contribution in [0.4, 0.5) is 0 Å². The third kappa shape index (κ3) is 4.64. The fourth-order valence-electron chi connectivity index (χ4n) is 0.671. The number of ether oxygens (including phenoxy) is 2. The predicted octanol–water partition coefficient (Wildman–Crippen LogP) is 1.30. The van der Waals surface area contributed by atoms with Crippen molar-refractivity contribution in [3.05, 3.63) is 12.7 Å². The summed E-state index contributed by atoms with van der Waals surface area (Å²) in [6, 6.07) is 0. The van der Waals surface area contributed by atoms with E-state index in [-0.39, 0.29) is 13.2 Å². The molecule has 0 aromatic carbocycles. The van der Waals surface area contributed by atoms with E-state index in [4.69, 9.17) is 9.47 Å². The molecule has 0 saturated heterocycles. The van der Waals surface area contributed by atoms with Crippen molar-refractivity contribution in [1.82, 2.24) is 0 Å². The molecule has 4 nitrogen and oxygen atoms in total. The quantitative estimate of drug-likeness (QED) is 0.496. The Morgan fingerprint density at radius 3 is 2.36 bits per heavy atom. The molecule has 0 bridgehead atoms. The summed E-state index contributed by atoms with van der Waals surface area (Å²) in [5, 5.41) is 0. The molecule has 0 aliphatic heterocycles. The Hall–Kier alpha value is -1.32. The Bertz CT molecular complexity index is 230. The third-order valence-corrected chi connectivity index (χ3v) is 1.52. The number of hydrogen-bond donors (Lipinski definition) is 0. The Morgan fingerprint density at radius 1 is 1.36 bits per heavy atom. The summed E-state index contributed by atoms with van der Waals surface area (Å²) in [4.78, 5) is 21.9. The van der Waals surface area contributed by atoms with E-state index in [9.17, 15) is 9.59 Å². The second kappa shape index (κ2) is 5.42. The highest BCUT2D eigenvalue weighted by Crippen LogP contribution is 2.17. The van der Waals surface area contributed by atoms with Crippen molar-refractivity contribution in [2.24, 2.45) is 5.41 Å². The lowest BCUT2D eigenvalue weighted by Gasteiger charge is -2.21. The first kappa shape index (κ1) is 12.7. The van der Waals surface area contributed by atoms with Gasteiger partial charge in [-0.05, 0) is 13.8 Å². The van der Waals surface area contributed by atoms with Gasteiger partial charge >= 0.3 is 11.9 Å². The lowest BCUT2D eigenvalue weighted by atomic mass is 9.95. The first-order chi connectivity index (χ1) is 6.40. The lowest BCUT2D eigenvalue weighted by Crippen LogP contribution is -2.32. The number of rotatable bonds is 5. The van der Waals surface area contributed by atoms with Crippen LogP contribution < -0.4 is 0 Å². The van der Waals surface area contributed by atoms with Crippen molar-refractivity contribution in [3.63, 3.8) is 0 Å². The maximum Gasteiger partial charge on any atom is 0.315 e. The standard InChI is InChI=1S/C10H16O4/c1-5-6-13-9(12)10(3,4)7-14-8(2)11/h5H,1,6-7H2,2-4H3. The van der Waals surface area contributed by atoms with E-state index in [1.165, 1.54) is 13.0 Å². The maximum absolute atomic E-state index is 11.4. The van der Waals surface area contributed by atoms with Gasteiger partial charge in [-0.2, -0.15) is 0 Å². The number of esters is 2. The highest BCUT2D eigenvalue weighted by molar-refractivity contribution is 5.76. The molecule has 0 aliphatic carbocycles. The highest BCUT2D eigenvalue weighted by Gasteiger charge is 2.30. The number of carbonyl (C=O) groups is 2. The Kier molecular flexibility index (Phi) is 4.91. The van der Waals surface area contributed by atoms with Crippen molar-refractivity contribution >= 4 is 11.9 Å². The largest absolute Gasteiger partial charge is 0.465 e. The van der Waals surface area contributed by atoms with E-state index < -0.39 is 17.4 Å². The van der Waals surface area contributed by atoms with Gasteiger partial charge in [0.15, 0.2) is 0 Å². The molecule has 14 heavy (non-hydrogen) atoms. The van der Waals surface area contributed by atoms with E-state index in [0.717, 1.165) is 0 Å². The van der Waals surface area contributed by atoms with E-state index in [1.807, 2.05) is 0 Å². The van der Waals surface area contributed by atoms with Gasteiger partial charge in [0.25, 0.3) is 0 Å². The molecular weight excluding hydrogens is 184 g/mol. The summed E-state index contributed by atoms with van der Waals surface area (Å²) in [6.45, 7) is 8.23. The molecule has 0 heterocycles. The summed E-state index contributed by atoms with van der Waals surface area (Å²) in [7, 11) is 0. The second-order valence-electron chi connectivity index (χ2n) is 3.55. The van der Waals surface area contributed by atoms with Crippen molar-refractivity contribution in [3.8, 4) is 0 Å². The zero-order valence-corrected chi connectivity index (χ0v) is 8.83. The summed E-state index contributed by atoms with van der Waals surface area (Å²) in [5.74, 6) is -0.812. The third-order valence-electron chi connectivity index (χ3n) is 1.52. The molecule has 0 N–H and O–H groups in total. The molecule has 0 rings (SSSR count). The summed E-state index contributed by atoms with van der Waals surface area (Å²) >= 11 is 0. The van der Waals surface area contributed by atoms with Crippen LogP contribution in [0.15, 0.2) is 12.7 Å².